The molecule has 0 radical (unpaired) electrons. The molecule has 3 aromatic rings. The van der Waals surface area contributed by atoms with E-state index in [4.69, 9.17) is 27.7 Å². The van der Waals surface area contributed by atoms with E-state index < -0.39 is 0 Å². The van der Waals surface area contributed by atoms with Crippen LogP contribution in [0.3, 0.4) is 0 Å². The van der Waals surface area contributed by atoms with Crippen molar-refractivity contribution < 1.29 is 14.1 Å². The molecule has 32 heavy (non-hydrogen) atoms. The Morgan fingerprint density at radius 1 is 0.875 bits per heavy atom. The molecule has 7 nitrogen and oxygen atoms in total. The summed E-state index contributed by atoms with van der Waals surface area (Å²) in [7, 11) is 0. The predicted molar refractivity (Wildman–Crippen MR) is 122 cm³/mol. The Balaban J connectivity index is 1.22. The molecule has 0 bridgehead atoms. The second-order valence-corrected chi connectivity index (χ2v) is 8.48. The van der Waals surface area contributed by atoms with Gasteiger partial charge in [-0.3, -0.25) is 14.5 Å². The maximum Gasteiger partial charge on any atom is 0.241 e. The molecular formula is C23H22Cl2N4O3. The largest absolute Gasteiger partial charge is 0.340 e. The lowest BCUT2D eigenvalue weighted by Gasteiger charge is -2.34. The van der Waals surface area contributed by atoms with E-state index in [2.05, 4.69) is 15.0 Å². The van der Waals surface area contributed by atoms with Crippen LogP contribution in [0, 0.1) is 0 Å². The van der Waals surface area contributed by atoms with Crippen molar-refractivity contribution >= 4 is 34.9 Å². The van der Waals surface area contributed by atoms with Crippen LogP contribution < -0.4 is 0 Å². The van der Waals surface area contributed by atoms with Gasteiger partial charge in [0.2, 0.25) is 17.6 Å². The summed E-state index contributed by atoms with van der Waals surface area (Å²) in [6.07, 6.45) is 0.395. The Bertz CT molecular complexity index is 1080. The van der Waals surface area contributed by atoms with Crippen LogP contribution in [0.1, 0.15) is 29.1 Å². The quantitative estimate of drug-likeness (QED) is 0.475. The van der Waals surface area contributed by atoms with Gasteiger partial charge in [-0.05, 0) is 48.5 Å². The predicted octanol–water partition coefficient (Wildman–Crippen LogP) is 4.35. The first-order chi connectivity index (χ1) is 15.5. The van der Waals surface area contributed by atoms with Crippen molar-refractivity contribution in [3.8, 4) is 11.4 Å². The van der Waals surface area contributed by atoms with E-state index in [1.807, 2.05) is 12.1 Å². The number of ketones is 1. The van der Waals surface area contributed by atoms with Gasteiger partial charge in [0, 0.05) is 60.2 Å². The Kier molecular flexibility index (Phi) is 7.19. The minimum atomic E-state index is -0.0541. The second-order valence-electron chi connectivity index (χ2n) is 7.61. The molecular weight excluding hydrogens is 451 g/mol. The molecule has 2 heterocycles. The van der Waals surface area contributed by atoms with Crippen LogP contribution in [0.25, 0.3) is 11.4 Å². The molecule has 9 heteroatoms. The van der Waals surface area contributed by atoms with Gasteiger partial charge in [-0.1, -0.05) is 28.4 Å². The van der Waals surface area contributed by atoms with E-state index in [-0.39, 0.29) is 24.5 Å². The molecule has 1 aliphatic heterocycles. The maximum absolute atomic E-state index is 12.5. The summed E-state index contributed by atoms with van der Waals surface area (Å²) < 4.78 is 5.38. The molecule has 0 aliphatic carbocycles. The number of hydrogen-bond acceptors (Lipinski definition) is 6. The minimum absolute atomic E-state index is 0.00483. The first-order valence-corrected chi connectivity index (χ1v) is 11.1. The fourth-order valence-corrected chi connectivity index (χ4v) is 3.79. The molecule has 166 valence electrons. The van der Waals surface area contributed by atoms with Crippen LogP contribution in [0.2, 0.25) is 10.0 Å². The molecule has 1 aliphatic rings. The van der Waals surface area contributed by atoms with Crippen molar-refractivity contribution in [3.05, 3.63) is 70.0 Å². The summed E-state index contributed by atoms with van der Waals surface area (Å²) in [5, 5.41) is 5.27. The van der Waals surface area contributed by atoms with Crippen molar-refractivity contribution in [2.45, 2.75) is 19.4 Å². The molecule has 0 N–H and O–H groups in total. The van der Waals surface area contributed by atoms with Gasteiger partial charge in [-0.25, -0.2) is 0 Å². The number of carbonyl (C=O) groups is 2. The third-order valence-electron chi connectivity index (χ3n) is 5.39. The van der Waals surface area contributed by atoms with Crippen LogP contribution in [0.4, 0.5) is 0 Å². The van der Waals surface area contributed by atoms with E-state index >= 15 is 0 Å². The zero-order valence-electron chi connectivity index (χ0n) is 17.3. The molecule has 1 amide bonds. The van der Waals surface area contributed by atoms with E-state index in [9.17, 15) is 9.59 Å². The Labute approximate surface area is 195 Å². The molecule has 0 spiro atoms. The lowest BCUT2D eigenvalue weighted by atomic mass is 10.1. The first kappa shape index (κ1) is 22.5. The topological polar surface area (TPSA) is 79.5 Å². The van der Waals surface area contributed by atoms with Crippen LogP contribution >= 0.6 is 23.2 Å². The zero-order valence-corrected chi connectivity index (χ0v) is 18.8. The number of Topliss-reactive ketones (excluding diaryl/α,β-unsaturated/α-hetero) is 1. The smallest absolute Gasteiger partial charge is 0.241 e. The van der Waals surface area contributed by atoms with Crippen LogP contribution in [-0.2, 0) is 11.3 Å². The molecule has 2 aromatic carbocycles. The normalized spacial score (nSPS) is 14.5. The highest BCUT2D eigenvalue weighted by Gasteiger charge is 2.23. The van der Waals surface area contributed by atoms with Crippen LogP contribution in [-0.4, -0.2) is 57.8 Å². The number of hydrogen-bond donors (Lipinski definition) is 0. The highest BCUT2D eigenvalue weighted by atomic mass is 35.5. The summed E-state index contributed by atoms with van der Waals surface area (Å²) in [5.41, 5.74) is 1.41. The summed E-state index contributed by atoms with van der Waals surface area (Å²) in [4.78, 5) is 33.2. The number of aromatic nitrogens is 2. The molecule has 1 fully saturated rings. The summed E-state index contributed by atoms with van der Waals surface area (Å²) >= 11 is 11.8. The standard InChI is InChI=1S/C23H22Cl2N4O3/c24-18-5-1-16(2-6-18)20(30)9-10-22(31)29-13-11-28(12-14-29)15-21-26-23(27-32-21)17-3-7-19(25)8-4-17/h1-8H,9-15H2. The van der Waals surface area contributed by atoms with Gasteiger partial charge < -0.3 is 9.42 Å². The number of amides is 1. The number of carbonyl (C=O) groups excluding carboxylic acids is 2. The van der Waals surface area contributed by atoms with Gasteiger partial charge in [-0.15, -0.1) is 0 Å². The maximum atomic E-state index is 12.5. The summed E-state index contributed by atoms with van der Waals surface area (Å²) in [6.45, 7) is 3.14. The van der Waals surface area contributed by atoms with Crippen molar-refractivity contribution in [1.82, 2.24) is 19.9 Å². The molecule has 0 atom stereocenters. The van der Waals surface area contributed by atoms with E-state index in [1.54, 1.807) is 41.3 Å². The Morgan fingerprint density at radius 2 is 1.50 bits per heavy atom. The van der Waals surface area contributed by atoms with Gasteiger partial charge in [0.25, 0.3) is 0 Å². The molecule has 1 saturated heterocycles. The number of rotatable bonds is 7. The Morgan fingerprint density at radius 3 is 2.16 bits per heavy atom. The monoisotopic (exact) mass is 472 g/mol. The number of nitrogens with zero attached hydrogens (tertiary/aromatic N) is 4. The minimum Gasteiger partial charge on any atom is -0.340 e. The fourth-order valence-electron chi connectivity index (χ4n) is 3.54. The second kappa shape index (κ2) is 10.3. The van der Waals surface area contributed by atoms with E-state index in [0.29, 0.717) is 60.0 Å². The van der Waals surface area contributed by atoms with Crippen molar-refractivity contribution in [2.75, 3.05) is 26.2 Å². The van der Waals surface area contributed by atoms with Crippen molar-refractivity contribution in [3.63, 3.8) is 0 Å². The van der Waals surface area contributed by atoms with Gasteiger partial charge in [0.15, 0.2) is 5.78 Å². The highest BCUT2D eigenvalue weighted by molar-refractivity contribution is 6.31. The number of benzene rings is 2. The zero-order chi connectivity index (χ0) is 22.5. The SMILES string of the molecule is O=C(CCC(=O)N1CCN(Cc2nc(-c3ccc(Cl)cc3)no2)CC1)c1ccc(Cl)cc1. The lowest BCUT2D eigenvalue weighted by molar-refractivity contribution is -0.133. The molecule has 1 aromatic heterocycles. The van der Waals surface area contributed by atoms with Crippen LogP contribution in [0.15, 0.2) is 53.1 Å². The third kappa shape index (κ3) is 5.73. The van der Waals surface area contributed by atoms with Crippen molar-refractivity contribution in [1.29, 1.82) is 0 Å². The van der Waals surface area contributed by atoms with E-state index in [1.165, 1.54) is 0 Å². The average Bonchev–Trinajstić information content (AvgIpc) is 3.27. The average molecular weight is 473 g/mol. The van der Waals surface area contributed by atoms with Gasteiger partial charge in [-0.2, -0.15) is 4.98 Å². The first-order valence-electron chi connectivity index (χ1n) is 10.4. The van der Waals surface area contributed by atoms with Crippen LogP contribution in [0.5, 0.6) is 0 Å². The summed E-state index contributed by atoms with van der Waals surface area (Å²) in [6, 6.07) is 14.0. The Hall–Kier alpha value is -2.74. The van der Waals surface area contributed by atoms with Gasteiger partial charge in [0.05, 0.1) is 6.54 Å². The van der Waals surface area contributed by atoms with E-state index in [0.717, 1.165) is 5.56 Å². The molecule has 0 unspecified atom stereocenters. The van der Waals surface area contributed by atoms with Gasteiger partial charge in [0.1, 0.15) is 0 Å². The third-order valence-corrected chi connectivity index (χ3v) is 5.89. The molecule has 4 rings (SSSR count). The lowest BCUT2D eigenvalue weighted by Crippen LogP contribution is -2.48. The summed E-state index contributed by atoms with van der Waals surface area (Å²) in [5.74, 6) is 0.996. The van der Waals surface area contributed by atoms with Gasteiger partial charge >= 0.3 is 0 Å². The number of piperazine rings is 1. The highest BCUT2D eigenvalue weighted by Crippen LogP contribution is 2.19. The van der Waals surface area contributed by atoms with Crippen molar-refractivity contribution in [2.24, 2.45) is 0 Å². The fraction of sp³-hybridized carbons (Fsp3) is 0.304. The number of halogens is 2. The molecule has 0 saturated carbocycles.